The summed E-state index contributed by atoms with van der Waals surface area (Å²) in [6.45, 7) is 0.495. The molecule has 1 heterocycles. The van der Waals surface area contributed by atoms with Gasteiger partial charge in [0, 0.05) is 23.9 Å². The quantitative estimate of drug-likeness (QED) is 0.660. The van der Waals surface area contributed by atoms with Crippen molar-refractivity contribution in [3.05, 3.63) is 89.5 Å². The highest BCUT2D eigenvalue weighted by molar-refractivity contribution is 6.01. The Morgan fingerprint density at radius 1 is 0.926 bits per heavy atom. The number of benzene rings is 3. The topological polar surface area (TPSA) is 72.8 Å². The van der Waals surface area contributed by atoms with Crippen molar-refractivity contribution in [3.8, 4) is 11.5 Å². The van der Waals surface area contributed by atoms with Gasteiger partial charge in [0.2, 0.25) is 0 Å². The first-order chi connectivity index (χ1) is 13.1. The van der Waals surface area contributed by atoms with Crippen LogP contribution in [0.1, 0.15) is 27.7 Å². The Labute approximate surface area is 157 Å². The summed E-state index contributed by atoms with van der Waals surface area (Å²) in [4.78, 5) is 14.9. The molecule has 3 N–H and O–H groups in total. The summed E-state index contributed by atoms with van der Waals surface area (Å²) >= 11 is 0. The van der Waals surface area contributed by atoms with Gasteiger partial charge in [-0.05, 0) is 36.2 Å². The number of fused-ring (bicyclic) bond motifs is 1. The van der Waals surface area contributed by atoms with Gasteiger partial charge in [0.15, 0.2) is 0 Å². The molecular formula is C22H20N2O3. The highest BCUT2D eigenvalue weighted by Gasteiger charge is 2.33. The molecule has 1 atom stereocenters. The second-order valence-electron chi connectivity index (χ2n) is 6.57. The van der Waals surface area contributed by atoms with E-state index in [2.05, 4.69) is 5.32 Å². The molecule has 0 spiro atoms. The van der Waals surface area contributed by atoms with Crippen LogP contribution in [0.4, 0.5) is 5.69 Å². The Hall–Kier alpha value is -3.47. The van der Waals surface area contributed by atoms with Crippen molar-refractivity contribution >= 4 is 11.6 Å². The van der Waals surface area contributed by atoms with E-state index in [4.69, 9.17) is 0 Å². The van der Waals surface area contributed by atoms with Gasteiger partial charge in [-0.1, -0.05) is 42.5 Å². The maximum atomic E-state index is 13.2. The molecule has 0 saturated carbocycles. The van der Waals surface area contributed by atoms with Gasteiger partial charge in [0.05, 0.1) is 5.56 Å². The number of para-hydroxylation sites is 1. The molecule has 0 aliphatic carbocycles. The number of hydrogen-bond donors (Lipinski definition) is 3. The fourth-order valence-electron chi connectivity index (χ4n) is 3.43. The van der Waals surface area contributed by atoms with Gasteiger partial charge >= 0.3 is 0 Å². The Morgan fingerprint density at radius 3 is 2.44 bits per heavy atom. The molecule has 1 aliphatic rings. The summed E-state index contributed by atoms with van der Waals surface area (Å²) in [5.41, 5.74) is 3.03. The molecule has 27 heavy (non-hydrogen) atoms. The number of rotatable bonds is 4. The minimum Gasteiger partial charge on any atom is -0.508 e. The van der Waals surface area contributed by atoms with Crippen LogP contribution in [0.2, 0.25) is 0 Å². The second-order valence-corrected chi connectivity index (χ2v) is 6.57. The van der Waals surface area contributed by atoms with Crippen LogP contribution in [0.3, 0.4) is 0 Å². The fourth-order valence-corrected chi connectivity index (χ4v) is 3.43. The van der Waals surface area contributed by atoms with Crippen LogP contribution in [0, 0.1) is 0 Å². The standard InChI is InChI=1S/C22H20N2O3/c25-16-10-11-18(20(26)14-16)21-23-19-9-5-4-8-17(19)22(27)24(21)13-12-15-6-2-1-3-7-15/h1-11,14,21,23,25-26H,12-13H2/t21-/m0/s1. The maximum absolute atomic E-state index is 13.2. The molecular weight excluding hydrogens is 340 g/mol. The molecule has 4 rings (SSSR count). The van der Waals surface area contributed by atoms with Crippen molar-refractivity contribution in [2.24, 2.45) is 0 Å². The number of phenols is 2. The molecule has 3 aromatic carbocycles. The summed E-state index contributed by atoms with van der Waals surface area (Å²) in [5.74, 6) is -0.156. The first-order valence-corrected chi connectivity index (χ1v) is 8.86. The minimum absolute atomic E-state index is 0.0189. The van der Waals surface area contributed by atoms with Crippen LogP contribution in [0.25, 0.3) is 0 Å². The van der Waals surface area contributed by atoms with Gasteiger partial charge in [0.25, 0.3) is 5.91 Å². The highest BCUT2D eigenvalue weighted by atomic mass is 16.3. The fraction of sp³-hybridized carbons (Fsp3) is 0.136. The van der Waals surface area contributed by atoms with Crippen molar-refractivity contribution in [1.82, 2.24) is 4.90 Å². The highest BCUT2D eigenvalue weighted by Crippen LogP contribution is 2.37. The van der Waals surface area contributed by atoms with Gasteiger partial charge in [-0.2, -0.15) is 0 Å². The number of amides is 1. The summed E-state index contributed by atoms with van der Waals surface area (Å²) < 4.78 is 0. The van der Waals surface area contributed by atoms with Crippen molar-refractivity contribution in [1.29, 1.82) is 0 Å². The van der Waals surface area contributed by atoms with Crippen LogP contribution in [0.5, 0.6) is 11.5 Å². The Morgan fingerprint density at radius 2 is 1.67 bits per heavy atom. The van der Waals surface area contributed by atoms with Crippen molar-refractivity contribution in [2.45, 2.75) is 12.6 Å². The maximum Gasteiger partial charge on any atom is 0.257 e. The van der Waals surface area contributed by atoms with Gasteiger partial charge in [0.1, 0.15) is 17.7 Å². The monoisotopic (exact) mass is 360 g/mol. The third-order valence-electron chi connectivity index (χ3n) is 4.82. The van der Waals surface area contributed by atoms with E-state index in [0.717, 1.165) is 11.3 Å². The minimum atomic E-state index is -0.517. The summed E-state index contributed by atoms with van der Waals surface area (Å²) in [6.07, 6.45) is 0.183. The molecule has 0 unspecified atom stereocenters. The number of hydrogen-bond acceptors (Lipinski definition) is 4. The number of carbonyl (C=O) groups excluding carboxylic acids is 1. The number of nitrogens with one attached hydrogen (secondary N) is 1. The Kier molecular flexibility index (Phi) is 4.42. The number of phenolic OH excluding ortho intramolecular Hbond substituents is 2. The van der Waals surface area contributed by atoms with E-state index in [1.54, 1.807) is 17.0 Å². The molecule has 0 fully saturated rings. The first-order valence-electron chi connectivity index (χ1n) is 8.86. The molecule has 0 radical (unpaired) electrons. The van der Waals surface area contributed by atoms with E-state index in [1.165, 1.54) is 12.1 Å². The van der Waals surface area contributed by atoms with Crippen LogP contribution >= 0.6 is 0 Å². The summed E-state index contributed by atoms with van der Waals surface area (Å²) in [6, 6.07) is 21.8. The predicted molar refractivity (Wildman–Crippen MR) is 104 cm³/mol. The number of anilines is 1. The molecule has 0 saturated heterocycles. The average Bonchev–Trinajstić information content (AvgIpc) is 2.68. The smallest absolute Gasteiger partial charge is 0.257 e. The molecule has 1 aliphatic heterocycles. The lowest BCUT2D eigenvalue weighted by molar-refractivity contribution is 0.0684. The molecule has 0 bridgehead atoms. The largest absolute Gasteiger partial charge is 0.508 e. The lowest BCUT2D eigenvalue weighted by Crippen LogP contribution is -2.44. The third kappa shape index (κ3) is 3.31. The van der Waals surface area contributed by atoms with Crippen LogP contribution < -0.4 is 5.32 Å². The van der Waals surface area contributed by atoms with Gasteiger partial charge < -0.3 is 20.4 Å². The molecule has 5 heteroatoms. The number of carbonyl (C=O) groups is 1. The molecule has 1 amide bonds. The van der Waals surface area contributed by atoms with E-state index in [-0.39, 0.29) is 17.4 Å². The Bertz CT molecular complexity index is 972. The molecule has 136 valence electrons. The number of aromatic hydroxyl groups is 2. The number of nitrogens with zero attached hydrogens (tertiary/aromatic N) is 1. The van der Waals surface area contributed by atoms with E-state index < -0.39 is 6.17 Å². The zero-order valence-corrected chi connectivity index (χ0v) is 14.7. The predicted octanol–water partition coefficient (Wildman–Crippen LogP) is 3.91. The van der Waals surface area contributed by atoms with E-state index in [0.29, 0.717) is 24.1 Å². The molecule has 0 aromatic heterocycles. The second kappa shape index (κ2) is 7.03. The first kappa shape index (κ1) is 17.0. The Balaban J connectivity index is 1.70. The molecule has 5 nitrogen and oxygen atoms in total. The normalized spacial score (nSPS) is 15.9. The van der Waals surface area contributed by atoms with Gasteiger partial charge in [-0.25, -0.2) is 0 Å². The van der Waals surface area contributed by atoms with Crippen molar-refractivity contribution in [2.75, 3.05) is 11.9 Å². The summed E-state index contributed by atoms with van der Waals surface area (Å²) in [7, 11) is 0. The lowest BCUT2D eigenvalue weighted by atomic mass is 10.0. The average molecular weight is 360 g/mol. The van der Waals surface area contributed by atoms with Crippen LogP contribution in [-0.4, -0.2) is 27.6 Å². The van der Waals surface area contributed by atoms with Crippen molar-refractivity contribution in [3.63, 3.8) is 0 Å². The molecule has 3 aromatic rings. The zero-order valence-electron chi connectivity index (χ0n) is 14.7. The summed E-state index contributed by atoms with van der Waals surface area (Å²) in [5, 5.41) is 23.3. The van der Waals surface area contributed by atoms with E-state index in [1.807, 2.05) is 48.5 Å². The van der Waals surface area contributed by atoms with E-state index in [9.17, 15) is 15.0 Å². The van der Waals surface area contributed by atoms with Crippen LogP contribution in [-0.2, 0) is 6.42 Å². The SMILES string of the molecule is O=C1c2ccccc2N[C@H](c2ccc(O)cc2O)N1CCc1ccccc1. The van der Waals surface area contributed by atoms with Gasteiger partial charge in [-0.15, -0.1) is 0 Å². The van der Waals surface area contributed by atoms with Crippen molar-refractivity contribution < 1.29 is 15.0 Å². The van der Waals surface area contributed by atoms with Crippen LogP contribution in [0.15, 0.2) is 72.8 Å². The lowest BCUT2D eigenvalue weighted by Gasteiger charge is -2.38. The van der Waals surface area contributed by atoms with Gasteiger partial charge in [-0.3, -0.25) is 4.79 Å². The third-order valence-corrected chi connectivity index (χ3v) is 4.82. The zero-order chi connectivity index (χ0) is 18.8. The van der Waals surface area contributed by atoms with E-state index >= 15 is 0 Å².